The number of guanidine groups is 1. The monoisotopic (exact) mass is 369 g/mol. The molecule has 0 saturated carbocycles. The first-order chi connectivity index (χ1) is 8.27. The summed E-state index contributed by atoms with van der Waals surface area (Å²) in [5, 5.41) is 12.8. The lowest BCUT2D eigenvalue weighted by atomic mass is 10.2. The number of β-amino-alcohol motifs (C(OH)–C–C–N with tert-alkyl or cyclic N) is 1. The molecular weight excluding hydrogens is 341 g/mol. The van der Waals surface area contributed by atoms with Crippen molar-refractivity contribution >= 4 is 29.9 Å². The molecule has 0 aromatic rings. The van der Waals surface area contributed by atoms with Crippen molar-refractivity contribution in [3.8, 4) is 0 Å². The minimum Gasteiger partial charge on any atom is -0.391 e. The van der Waals surface area contributed by atoms with E-state index in [1.807, 2.05) is 0 Å². The molecule has 0 aromatic carbocycles. The predicted octanol–water partition coefficient (Wildman–Crippen LogP) is 2.22. The summed E-state index contributed by atoms with van der Waals surface area (Å²) in [6.45, 7) is 7.73. The average Bonchev–Trinajstić information content (AvgIpc) is 2.74. The van der Waals surface area contributed by atoms with Crippen LogP contribution in [-0.2, 0) is 0 Å². The van der Waals surface area contributed by atoms with Crippen LogP contribution in [0.3, 0.4) is 0 Å². The van der Waals surface area contributed by atoms with Gasteiger partial charge in [0.1, 0.15) is 0 Å². The Kier molecular flexibility index (Phi) is 10.8. The minimum atomic E-state index is -0.182. The van der Waals surface area contributed by atoms with Crippen LogP contribution < -0.4 is 5.32 Å². The molecule has 0 aliphatic carbocycles. The van der Waals surface area contributed by atoms with E-state index in [9.17, 15) is 5.11 Å². The molecule has 1 aliphatic heterocycles. The van der Waals surface area contributed by atoms with E-state index in [1.165, 1.54) is 25.7 Å². The number of aliphatic imine (C=N–C) groups is 1. The minimum absolute atomic E-state index is 0. The van der Waals surface area contributed by atoms with Gasteiger partial charge in [-0.05, 0) is 19.8 Å². The summed E-state index contributed by atoms with van der Waals surface area (Å²) < 4.78 is 0. The number of hydrogen-bond acceptors (Lipinski definition) is 2. The maximum atomic E-state index is 9.53. The average molecular weight is 369 g/mol. The Morgan fingerprint density at radius 1 is 1.33 bits per heavy atom. The van der Waals surface area contributed by atoms with Crippen LogP contribution in [0.15, 0.2) is 4.99 Å². The molecule has 5 heteroatoms. The van der Waals surface area contributed by atoms with E-state index in [2.05, 4.69) is 29.1 Å². The van der Waals surface area contributed by atoms with Crippen molar-refractivity contribution in [1.82, 2.24) is 10.2 Å². The molecular formula is C13H28IN3O. The van der Waals surface area contributed by atoms with Crippen LogP contribution in [0.5, 0.6) is 0 Å². The first kappa shape index (κ1) is 18.0. The number of hydrogen-bond donors (Lipinski definition) is 2. The highest BCUT2D eigenvalue weighted by atomic mass is 127. The largest absolute Gasteiger partial charge is 0.391 e. The molecule has 2 N–H and O–H groups in total. The number of rotatable bonds is 6. The number of likely N-dealkylation sites (tertiary alicyclic amines) is 1. The SMILES string of the molecule is CCCCCCN=C(NCC)N1CC[C@@H](O)C1.I. The fourth-order valence-electron chi connectivity index (χ4n) is 2.08. The number of unbranched alkanes of at least 4 members (excludes halogenated alkanes) is 3. The van der Waals surface area contributed by atoms with Crippen LogP contribution in [-0.4, -0.2) is 48.2 Å². The molecule has 1 heterocycles. The molecule has 1 rings (SSSR count). The maximum Gasteiger partial charge on any atom is 0.194 e. The summed E-state index contributed by atoms with van der Waals surface area (Å²) in [5.74, 6) is 0.973. The number of nitrogens with one attached hydrogen (secondary N) is 1. The van der Waals surface area contributed by atoms with Gasteiger partial charge in [-0.2, -0.15) is 0 Å². The molecule has 1 aliphatic rings. The highest BCUT2D eigenvalue weighted by Gasteiger charge is 2.22. The molecule has 1 fully saturated rings. The molecule has 108 valence electrons. The Bertz CT molecular complexity index is 236. The topological polar surface area (TPSA) is 47.9 Å². The third kappa shape index (κ3) is 6.78. The van der Waals surface area contributed by atoms with Gasteiger partial charge in [-0.1, -0.05) is 26.2 Å². The Morgan fingerprint density at radius 3 is 2.67 bits per heavy atom. The zero-order chi connectivity index (χ0) is 12.5. The van der Waals surface area contributed by atoms with Crippen LogP contribution >= 0.6 is 24.0 Å². The van der Waals surface area contributed by atoms with E-state index in [1.54, 1.807) is 0 Å². The van der Waals surface area contributed by atoms with Gasteiger partial charge in [-0.15, -0.1) is 24.0 Å². The van der Waals surface area contributed by atoms with Crippen LogP contribution in [0.4, 0.5) is 0 Å². The molecule has 0 bridgehead atoms. The lowest BCUT2D eigenvalue weighted by Crippen LogP contribution is -2.40. The zero-order valence-electron chi connectivity index (χ0n) is 11.7. The molecule has 1 atom stereocenters. The summed E-state index contributed by atoms with van der Waals surface area (Å²) >= 11 is 0. The Balaban J connectivity index is 0.00000289. The first-order valence-electron chi connectivity index (χ1n) is 6.99. The van der Waals surface area contributed by atoms with Crippen LogP contribution in [0.25, 0.3) is 0 Å². The van der Waals surface area contributed by atoms with Gasteiger partial charge < -0.3 is 15.3 Å². The third-order valence-electron chi connectivity index (χ3n) is 3.07. The highest BCUT2D eigenvalue weighted by molar-refractivity contribution is 14.0. The van der Waals surface area contributed by atoms with Gasteiger partial charge in [0.25, 0.3) is 0 Å². The summed E-state index contributed by atoms with van der Waals surface area (Å²) in [6, 6.07) is 0. The van der Waals surface area contributed by atoms with Crippen molar-refractivity contribution in [1.29, 1.82) is 0 Å². The van der Waals surface area contributed by atoms with Gasteiger partial charge in [-0.3, -0.25) is 4.99 Å². The normalized spacial score (nSPS) is 19.8. The Morgan fingerprint density at radius 2 is 2.11 bits per heavy atom. The highest BCUT2D eigenvalue weighted by Crippen LogP contribution is 2.09. The van der Waals surface area contributed by atoms with Gasteiger partial charge in [0.15, 0.2) is 5.96 Å². The van der Waals surface area contributed by atoms with Crippen molar-refractivity contribution in [2.45, 2.75) is 52.1 Å². The van der Waals surface area contributed by atoms with Gasteiger partial charge in [0.2, 0.25) is 0 Å². The maximum absolute atomic E-state index is 9.53. The van der Waals surface area contributed by atoms with Crippen LogP contribution in [0.2, 0.25) is 0 Å². The predicted molar refractivity (Wildman–Crippen MR) is 87.7 cm³/mol. The first-order valence-corrected chi connectivity index (χ1v) is 6.99. The van der Waals surface area contributed by atoms with E-state index in [4.69, 9.17) is 0 Å². The van der Waals surface area contributed by atoms with Gasteiger partial charge in [-0.25, -0.2) is 0 Å². The summed E-state index contributed by atoms with van der Waals surface area (Å²) in [7, 11) is 0. The summed E-state index contributed by atoms with van der Waals surface area (Å²) in [6.07, 6.45) is 5.68. The van der Waals surface area contributed by atoms with E-state index >= 15 is 0 Å². The second-order valence-electron chi connectivity index (χ2n) is 4.68. The number of halogens is 1. The van der Waals surface area contributed by atoms with E-state index in [0.29, 0.717) is 0 Å². The molecule has 18 heavy (non-hydrogen) atoms. The molecule has 0 spiro atoms. The van der Waals surface area contributed by atoms with E-state index in [0.717, 1.165) is 38.6 Å². The number of aliphatic hydroxyl groups excluding tert-OH is 1. The van der Waals surface area contributed by atoms with Gasteiger partial charge in [0.05, 0.1) is 6.10 Å². The Hall–Kier alpha value is -0.0400. The van der Waals surface area contributed by atoms with E-state index in [-0.39, 0.29) is 30.1 Å². The van der Waals surface area contributed by atoms with Gasteiger partial charge in [0, 0.05) is 26.2 Å². The van der Waals surface area contributed by atoms with Crippen LogP contribution in [0, 0.1) is 0 Å². The van der Waals surface area contributed by atoms with Crippen molar-refractivity contribution in [2.75, 3.05) is 26.2 Å². The molecule has 0 amide bonds. The molecule has 4 nitrogen and oxygen atoms in total. The number of aliphatic hydroxyl groups is 1. The molecule has 0 unspecified atom stereocenters. The second-order valence-corrected chi connectivity index (χ2v) is 4.68. The fourth-order valence-corrected chi connectivity index (χ4v) is 2.08. The second kappa shape index (κ2) is 10.8. The smallest absolute Gasteiger partial charge is 0.194 e. The quantitative estimate of drug-likeness (QED) is 0.327. The molecule has 0 radical (unpaired) electrons. The van der Waals surface area contributed by atoms with Crippen molar-refractivity contribution in [3.05, 3.63) is 0 Å². The summed E-state index contributed by atoms with van der Waals surface area (Å²) in [5.41, 5.74) is 0. The van der Waals surface area contributed by atoms with Crippen LogP contribution in [0.1, 0.15) is 46.0 Å². The lowest BCUT2D eigenvalue weighted by Gasteiger charge is -2.20. The van der Waals surface area contributed by atoms with E-state index < -0.39 is 0 Å². The van der Waals surface area contributed by atoms with Gasteiger partial charge >= 0.3 is 0 Å². The standard InChI is InChI=1S/C13H27N3O.HI/c1-3-5-6-7-9-15-13(14-4-2)16-10-8-12(17)11-16;/h12,17H,3-11H2,1-2H3,(H,14,15);1H/t12-;/m1./s1. The fraction of sp³-hybridized carbons (Fsp3) is 0.923. The zero-order valence-corrected chi connectivity index (χ0v) is 14.0. The summed E-state index contributed by atoms with van der Waals surface area (Å²) in [4.78, 5) is 6.78. The lowest BCUT2D eigenvalue weighted by molar-refractivity contribution is 0.188. The van der Waals surface area contributed by atoms with Crippen molar-refractivity contribution < 1.29 is 5.11 Å². The van der Waals surface area contributed by atoms with Crippen molar-refractivity contribution in [2.24, 2.45) is 4.99 Å². The Labute approximate surface area is 128 Å². The molecule has 0 aromatic heterocycles. The van der Waals surface area contributed by atoms with Crippen molar-refractivity contribution in [3.63, 3.8) is 0 Å². The number of nitrogens with zero attached hydrogens (tertiary/aromatic N) is 2. The third-order valence-corrected chi connectivity index (χ3v) is 3.07. The molecule has 1 saturated heterocycles.